The van der Waals surface area contributed by atoms with Crippen molar-refractivity contribution < 1.29 is 9.53 Å². The minimum atomic E-state index is 0.00154. The predicted molar refractivity (Wildman–Crippen MR) is 51.7 cm³/mol. The molecule has 0 spiro atoms. The lowest BCUT2D eigenvalue weighted by molar-refractivity contribution is -0.143. The van der Waals surface area contributed by atoms with Crippen LogP contribution in [0.5, 0.6) is 0 Å². The Kier molecular flexibility index (Phi) is 3.16. The zero-order valence-electron chi connectivity index (χ0n) is 6.84. The Balaban J connectivity index is 2.62. The molecule has 1 rings (SSSR count). The fourth-order valence-corrected chi connectivity index (χ4v) is 2.51. The number of hydrogen-bond donors (Lipinski definition) is 0. The van der Waals surface area contributed by atoms with E-state index in [1.54, 1.807) is 0 Å². The molecule has 1 fully saturated rings. The van der Waals surface area contributed by atoms with E-state index in [-0.39, 0.29) is 18.0 Å². The molecule has 1 heterocycles. The lowest BCUT2D eigenvalue weighted by Gasteiger charge is -2.11. The summed E-state index contributed by atoms with van der Waals surface area (Å²) in [6.45, 7) is 4.14. The normalized spacial score (nSPS) is 37.4. The van der Waals surface area contributed by atoms with E-state index in [2.05, 4.69) is 29.5 Å². The average molecular weight is 268 g/mol. The highest BCUT2D eigenvalue weighted by atomic mass is 127. The molecule has 1 aliphatic rings. The topological polar surface area (TPSA) is 26.3 Å². The maximum Gasteiger partial charge on any atom is 0.309 e. The third-order valence-corrected chi connectivity index (χ3v) is 3.25. The van der Waals surface area contributed by atoms with Gasteiger partial charge >= 0.3 is 5.97 Å². The summed E-state index contributed by atoms with van der Waals surface area (Å²) >= 11 is 2.26. The Bertz CT molecular complexity index is 158. The number of esters is 1. The molecule has 0 aromatic rings. The maximum atomic E-state index is 11.2. The SMILES string of the molecule is CC[C@@H]1C(=O)O[C@@H](CI)[C@@H]1C. The molecule has 0 unspecified atom stereocenters. The van der Waals surface area contributed by atoms with Crippen LogP contribution in [0.1, 0.15) is 20.3 Å². The molecule has 0 N–H and O–H groups in total. The van der Waals surface area contributed by atoms with Crippen LogP contribution < -0.4 is 0 Å². The first kappa shape index (κ1) is 9.29. The minimum absolute atomic E-state index is 0.00154. The average Bonchev–Trinajstić information content (AvgIpc) is 2.26. The van der Waals surface area contributed by atoms with Gasteiger partial charge in [0.05, 0.1) is 5.92 Å². The number of ether oxygens (including phenoxy) is 1. The van der Waals surface area contributed by atoms with Gasteiger partial charge in [-0.1, -0.05) is 36.4 Å². The van der Waals surface area contributed by atoms with E-state index >= 15 is 0 Å². The largest absolute Gasteiger partial charge is 0.461 e. The Morgan fingerprint density at radius 3 is 2.55 bits per heavy atom. The molecule has 3 heteroatoms. The second-order valence-corrected chi connectivity index (χ2v) is 3.88. The van der Waals surface area contributed by atoms with Crippen LogP contribution in [-0.2, 0) is 9.53 Å². The van der Waals surface area contributed by atoms with Crippen molar-refractivity contribution >= 4 is 28.6 Å². The molecule has 2 nitrogen and oxygen atoms in total. The van der Waals surface area contributed by atoms with Gasteiger partial charge in [-0.05, 0) is 6.42 Å². The first-order valence-corrected chi connectivity index (χ1v) is 5.49. The number of carbonyl (C=O) groups is 1. The van der Waals surface area contributed by atoms with Gasteiger partial charge in [0.15, 0.2) is 0 Å². The molecule has 0 saturated carbocycles. The van der Waals surface area contributed by atoms with Gasteiger partial charge in [0, 0.05) is 10.3 Å². The summed E-state index contributed by atoms with van der Waals surface area (Å²) < 4.78 is 6.10. The van der Waals surface area contributed by atoms with E-state index < -0.39 is 0 Å². The smallest absolute Gasteiger partial charge is 0.309 e. The van der Waals surface area contributed by atoms with Crippen LogP contribution in [0.3, 0.4) is 0 Å². The zero-order valence-corrected chi connectivity index (χ0v) is 9.00. The quantitative estimate of drug-likeness (QED) is 0.435. The number of rotatable bonds is 2. The Labute approximate surface area is 80.8 Å². The number of halogens is 1. The van der Waals surface area contributed by atoms with Crippen LogP contribution in [0, 0.1) is 11.8 Å². The predicted octanol–water partition coefficient (Wildman–Crippen LogP) is 2.01. The maximum absolute atomic E-state index is 11.2. The zero-order chi connectivity index (χ0) is 8.43. The molecule has 1 saturated heterocycles. The Morgan fingerprint density at radius 1 is 1.64 bits per heavy atom. The van der Waals surface area contributed by atoms with Crippen LogP contribution in [0.2, 0.25) is 0 Å². The van der Waals surface area contributed by atoms with Crippen molar-refractivity contribution in [1.29, 1.82) is 0 Å². The highest BCUT2D eigenvalue weighted by molar-refractivity contribution is 14.1. The summed E-state index contributed by atoms with van der Waals surface area (Å²) in [5.74, 6) is 0.556. The van der Waals surface area contributed by atoms with E-state index in [9.17, 15) is 4.79 Å². The van der Waals surface area contributed by atoms with Gasteiger partial charge in [-0.2, -0.15) is 0 Å². The van der Waals surface area contributed by atoms with Crippen molar-refractivity contribution in [2.24, 2.45) is 11.8 Å². The first-order chi connectivity index (χ1) is 5.20. The summed E-state index contributed by atoms with van der Waals surface area (Å²) in [7, 11) is 0. The highest BCUT2D eigenvalue weighted by Crippen LogP contribution is 2.31. The van der Waals surface area contributed by atoms with Crippen molar-refractivity contribution in [3.05, 3.63) is 0 Å². The van der Waals surface area contributed by atoms with E-state index in [1.807, 2.05) is 6.92 Å². The van der Waals surface area contributed by atoms with Gasteiger partial charge in [-0.25, -0.2) is 0 Å². The van der Waals surface area contributed by atoms with Gasteiger partial charge in [0.1, 0.15) is 6.10 Å². The molecule has 0 amide bonds. The number of hydrogen-bond acceptors (Lipinski definition) is 2. The first-order valence-electron chi connectivity index (χ1n) is 3.97. The molecular formula is C8H13IO2. The number of carbonyl (C=O) groups excluding carboxylic acids is 1. The molecule has 0 aromatic heterocycles. The van der Waals surface area contributed by atoms with Gasteiger partial charge in [0.2, 0.25) is 0 Å². The second kappa shape index (κ2) is 3.74. The monoisotopic (exact) mass is 268 g/mol. The van der Waals surface area contributed by atoms with Crippen molar-refractivity contribution in [2.75, 3.05) is 4.43 Å². The van der Waals surface area contributed by atoms with Crippen LogP contribution >= 0.6 is 22.6 Å². The van der Waals surface area contributed by atoms with E-state index in [4.69, 9.17) is 4.74 Å². The fourth-order valence-electron chi connectivity index (χ4n) is 1.53. The summed E-state index contributed by atoms with van der Waals surface area (Å²) in [5, 5.41) is 0. The van der Waals surface area contributed by atoms with Gasteiger partial charge in [0.25, 0.3) is 0 Å². The summed E-state index contributed by atoms with van der Waals surface area (Å²) in [6, 6.07) is 0. The van der Waals surface area contributed by atoms with Gasteiger partial charge in [-0.15, -0.1) is 0 Å². The summed E-state index contributed by atoms with van der Waals surface area (Å²) in [6.07, 6.45) is 1.07. The Morgan fingerprint density at radius 2 is 2.27 bits per heavy atom. The second-order valence-electron chi connectivity index (χ2n) is 3.00. The Hall–Kier alpha value is 0.200. The number of alkyl halides is 1. The van der Waals surface area contributed by atoms with Crippen molar-refractivity contribution in [3.63, 3.8) is 0 Å². The van der Waals surface area contributed by atoms with Gasteiger partial charge < -0.3 is 4.74 Å². The molecule has 0 aromatic carbocycles. The van der Waals surface area contributed by atoms with Crippen molar-refractivity contribution in [1.82, 2.24) is 0 Å². The number of cyclic esters (lactones) is 1. The van der Waals surface area contributed by atoms with Crippen LogP contribution in [-0.4, -0.2) is 16.5 Å². The molecule has 1 aliphatic heterocycles. The lowest BCUT2D eigenvalue weighted by atomic mass is 9.91. The van der Waals surface area contributed by atoms with Gasteiger partial charge in [-0.3, -0.25) is 4.79 Å². The van der Waals surface area contributed by atoms with E-state index in [1.165, 1.54) is 0 Å². The fraction of sp³-hybridized carbons (Fsp3) is 0.875. The third-order valence-electron chi connectivity index (χ3n) is 2.38. The summed E-state index contributed by atoms with van der Waals surface area (Å²) in [5.41, 5.74) is 0. The lowest BCUT2D eigenvalue weighted by Crippen LogP contribution is -2.18. The molecule has 3 atom stereocenters. The molecule has 0 aliphatic carbocycles. The van der Waals surface area contributed by atoms with E-state index in [0.717, 1.165) is 10.8 Å². The van der Waals surface area contributed by atoms with Crippen molar-refractivity contribution in [3.8, 4) is 0 Å². The molecule has 11 heavy (non-hydrogen) atoms. The molecule has 64 valence electrons. The minimum Gasteiger partial charge on any atom is -0.461 e. The molecular weight excluding hydrogens is 255 g/mol. The van der Waals surface area contributed by atoms with Crippen LogP contribution in [0.25, 0.3) is 0 Å². The summed E-state index contributed by atoms with van der Waals surface area (Å²) in [4.78, 5) is 11.2. The van der Waals surface area contributed by atoms with Crippen LogP contribution in [0.4, 0.5) is 0 Å². The highest BCUT2D eigenvalue weighted by Gasteiger charge is 2.39. The molecule has 0 bridgehead atoms. The van der Waals surface area contributed by atoms with E-state index in [0.29, 0.717) is 5.92 Å². The molecule has 0 radical (unpaired) electrons. The standard InChI is InChI=1S/C8H13IO2/c1-3-6-5(2)7(4-9)11-8(6)10/h5-7H,3-4H2,1-2H3/t5-,6+,7+/m1/s1. The van der Waals surface area contributed by atoms with Crippen molar-refractivity contribution in [2.45, 2.75) is 26.4 Å². The third kappa shape index (κ3) is 1.68. The van der Waals surface area contributed by atoms with Crippen LogP contribution in [0.15, 0.2) is 0 Å².